The van der Waals surface area contributed by atoms with E-state index in [-0.39, 0.29) is 17.9 Å². The number of hydrogen-bond acceptors (Lipinski definition) is 8. The Morgan fingerprint density at radius 2 is 1.05 bits per heavy atom. The van der Waals surface area contributed by atoms with E-state index in [0.29, 0.717) is 13.2 Å². The molecule has 0 aliphatic carbocycles. The van der Waals surface area contributed by atoms with Crippen molar-refractivity contribution in [3.05, 3.63) is 11.5 Å². The van der Waals surface area contributed by atoms with Crippen molar-refractivity contribution >= 4 is 5.97 Å². The van der Waals surface area contributed by atoms with Crippen LogP contribution in [0.5, 0.6) is 0 Å². The Morgan fingerprint density at radius 3 is 1.46 bits per heavy atom. The van der Waals surface area contributed by atoms with Crippen LogP contribution in [0.25, 0.3) is 0 Å². The molecule has 1 heterocycles. The number of unbranched alkanes of at least 4 members (excludes halogenated alkanes) is 18. The molecule has 3 atom stereocenters. The van der Waals surface area contributed by atoms with Crippen molar-refractivity contribution in [2.24, 2.45) is 0 Å². The molecule has 8 heteroatoms. The van der Waals surface area contributed by atoms with Gasteiger partial charge in [-0.1, -0.05) is 129 Å². The van der Waals surface area contributed by atoms with Crippen LogP contribution < -0.4 is 0 Å². The first kappa shape index (κ1) is 37.7. The van der Waals surface area contributed by atoms with Gasteiger partial charge in [-0.05, 0) is 12.8 Å². The molecule has 0 aromatic rings. The van der Waals surface area contributed by atoms with Gasteiger partial charge in [-0.15, -0.1) is 0 Å². The SMILES string of the molecule is CCCCCCCCCCCCCCCCOC1=C(OCCCCCCCC)C(=O)O[C@]1(CC(O)CO)[C@@H](O)CO. The lowest BCUT2D eigenvalue weighted by molar-refractivity contribution is -0.171. The molecule has 0 amide bonds. The number of aliphatic hydroxyl groups excluding tert-OH is 4. The molecule has 0 saturated heterocycles. The fourth-order valence-electron chi connectivity index (χ4n) is 5.43. The summed E-state index contributed by atoms with van der Waals surface area (Å²) in [5.74, 6) is -0.886. The maximum Gasteiger partial charge on any atom is 0.378 e. The first-order valence-corrected chi connectivity index (χ1v) is 16.8. The number of cyclic esters (lactones) is 1. The molecular formula is C33H62O8. The van der Waals surface area contributed by atoms with E-state index in [1.54, 1.807) is 0 Å². The molecule has 0 spiro atoms. The van der Waals surface area contributed by atoms with Crippen LogP contribution in [0.3, 0.4) is 0 Å². The molecule has 0 radical (unpaired) electrons. The normalized spacial score (nSPS) is 18.5. The second-order valence-corrected chi connectivity index (χ2v) is 11.7. The van der Waals surface area contributed by atoms with Gasteiger partial charge in [0.2, 0.25) is 11.4 Å². The summed E-state index contributed by atoms with van der Waals surface area (Å²) in [6.45, 7) is 3.73. The first-order chi connectivity index (χ1) is 20.0. The summed E-state index contributed by atoms with van der Waals surface area (Å²) in [7, 11) is 0. The molecule has 8 nitrogen and oxygen atoms in total. The van der Waals surface area contributed by atoms with Crippen LogP contribution in [0.4, 0.5) is 0 Å². The molecule has 41 heavy (non-hydrogen) atoms. The van der Waals surface area contributed by atoms with E-state index in [4.69, 9.17) is 14.2 Å². The molecule has 0 bridgehead atoms. The van der Waals surface area contributed by atoms with Gasteiger partial charge in [0.05, 0.1) is 32.5 Å². The molecule has 242 valence electrons. The molecular weight excluding hydrogens is 524 g/mol. The summed E-state index contributed by atoms with van der Waals surface area (Å²) in [4.78, 5) is 12.8. The molecule has 1 unspecified atom stereocenters. The Hall–Kier alpha value is -1.35. The number of carbonyl (C=O) groups excluding carboxylic acids is 1. The maximum absolute atomic E-state index is 12.8. The Bertz CT molecular complexity index is 682. The summed E-state index contributed by atoms with van der Waals surface area (Å²) in [6, 6.07) is 0. The summed E-state index contributed by atoms with van der Waals surface area (Å²) >= 11 is 0. The lowest BCUT2D eigenvalue weighted by atomic mass is 9.88. The largest absolute Gasteiger partial charge is 0.490 e. The third-order valence-corrected chi connectivity index (χ3v) is 8.00. The first-order valence-electron chi connectivity index (χ1n) is 16.8. The number of esters is 1. The van der Waals surface area contributed by atoms with Crippen LogP contribution in [0.1, 0.15) is 149 Å². The van der Waals surface area contributed by atoms with Crippen LogP contribution in [-0.2, 0) is 19.0 Å². The number of rotatable bonds is 29. The standard InChI is InChI=1S/C33H62O8/c1-3-5-7-9-11-12-13-14-15-16-17-18-20-22-24-40-31-30(39-23-21-19-10-8-6-4-2)32(38)41-33(31,29(37)27-35)25-28(36)26-34/h28-29,34-37H,3-27H2,1-2H3/t28?,29-,33+/m0/s1. The molecule has 1 aliphatic rings. The highest BCUT2D eigenvalue weighted by Gasteiger charge is 2.56. The van der Waals surface area contributed by atoms with E-state index in [1.807, 2.05) is 0 Å². The van der Waals surface area contributed by atoms with Gasteiger partial charge in [0, 0.05) is 6.42 Å². The zero-order valence-corrected chi connectivity index (χ0v) is 26.3. The highest BCUT2D eigenvalue weighted by molar-refractivity contribution is 5.90. The number of carbonyl (C=O) groups is 1. The van der Waals surface area contributed by atoms with Crippen molar-refractivity contribution < 1.29 is 39.4 Å². The van der Waals surface area contributed by atoms with Gasteiger partial charge in [0.1, 0.15) is 6.10 Å². The Balaban J connectivity index is 2.55. The van der Waals surface area contributed by atoms with Crippen molar-refractivity contribution in [2.45, 2.75) is 166 Å². The minimum Gasteiger partial charge on any atom is -0.490 e. The summed E-state index contributed by atoms with van der Waals surface area (Å²) in [6.07, 6.45) is 20.6. The minimum atomic E-state index is -1.81. The van der Waals surface area contributed by atoms with Crippen molar-refractivity contribution in [1.29, 1.82) is 0 Å². The third-order valence-electron chi connectivity index (χ3n) is 8.00. The molecule has 0 aromatic carbocycles. The van der Waals surface area contributed by atoms with E-state index < -0.39 is 37.0 Å². The molecule has 0 fully saturated rings. The number of aliphatic hydroxyl groups is 4. The summed E-state index contributed by atoms with van der Waals surface area (Å²) in [5, 5.41) is 40.1. The van der Waals surface area contributed by atoms with Crippen LogP contribution in [0.2, 0.25) is 0 Å². The maximum atomic E-state index is 12.8. The lowest BCUT2D eigenvalue weighted by Crippen LogP contribution is -2.50. The van der Waals surface area contributed by atoms with Gasteiger partial charge in [-0.25, -0.2) is 4.79 Å². The Labute approximate surface area is 249 Å². The highest BCUT2D eigenvalue weighted by Crippen LogP contribution is 2.41. The van der Waals surface area contributed by atoms with Gasteiger partial charge < -0.3 is 34.6 Å². The van der Waals surface area contributed by atoms with E-state index >= 15 is 0 Å². The van der Waals surface area contributed by atoms with Gasteiger partial charge in [0.25, 0.3) is 0 Å². The van der Waals surface area contributed by atoms with Gasteiger partial charge in [-0.3, -0.25) is 0 Å². The van der Waals surface area contributed by atoms with Crippen molar-refractivity contribution in [2.75, 3.05) is 26.4 Å². The van der Waals surface area contributed by atoms with E-state index in [2.05, 4.69) is 13.8 Å². The van der Waals surface area contributed by atoms with E-state index in [0.717, 1.165) is 38.5 Å². The van der Waals surface area contributed by atoms with Crippen LogP contribution >= 0.6 is 0 Å². The highest BCUT2D eigenvalue weighted by atomic mass is 16.6. The topological polar surface area (TPSA) is 126 Å². The quantitative estimate of drug-likeness (QED) is 0.0581. The fourth-order valence-corrected chi connectivity index (χ4v) is 5.43. The number of ether oxygens (including phenoxy) is 3. The van der Waals surface area contributed by atoms with E-state index in [9.17, 15) is 25.2 Å². The van der Waals surface area contributed by atoms with Gasteiger partial charge in [0.15, 0.2) is 5.76 Å². The monoisotopic (exact) mass is 586 g/mol. The van der Waals surface area contributed by atoms with Crippen molar-refractivity contribution in [3.63, 3.8) is 0 Å². The molecule has 4 N–H and O–H groups in total. The smallest absolute Gasteiger partial charge is 0.378 e. The Kier molecular flexibility index (Phi) is 22.2. The van der Waals surface area contributed by atoms with Crippen LogP contribution in [0, 0.1) is 0 Å². The van der Waals surface area contributed by atoms with Crippen molar-refractivity contribution in [1.82, 2.24) is 0 Å². The number of hydrogen-bond donors (Lipinski definition) is 4. The second kappa shape index (κ2) is 24.1. The molecule has 0 saturated carbocycles. The molecule has 1 rings (SSSR count). The predicted octanol–water partition coefficient (Wildman–Crippen LogP) is 6.47. The van der Waals surface area contributed by atoms with Gasteiger partial charge in [-0.2, -0.15) is 0 Å². The predicted molar refractivity (Wildman–Crippen MR) is 162 cm³/mol. The third kappa shape index (κ3) is 15.1. The Morgan fingerprint density at radius 1 is 0.634 bits per heavy atom. The van der Waals surface area contributed by atoms with Crippen molar-refractivity contribution in [3.8, 4) is 0 Å². The fraction of sp³-hybridized carbons (Fsp3) is 0.909. The van der Waals surface area contributed by atoms with E-state index in [1.165, 1.54) is 89.9 Å². The molecule has 0 aromatic heterocycles. The minimum absolute atomic E-state index is 0.0113. The van der Waals surface area contributed by atoms with Gasteiger partial charge >= 0.3 is 5.97 Å². The van der Waals surface area contributed by atoms with Crippen LogP contribution in [-0.4, -0.2) is 70.6 Å². The zero-order valence-electron chi connectivity index (χ0n) is 26.3. The van der Waals surface area contributed by atoms with Crippen LogP contribution in [0.15, 0.2) is 11.5 Å². The average Bonchev–Trinajstić information content (AvgIpc) is 3.24. The average molecular weight is 587 g/mol. The zero-order chi connectivity index (χ0) is 30.2. The second-order valence-electron chi connectivity index (χ2n) is 11.7. The summed E-state index contributed by atoms with van der Waals surface area (Å²) < 4.78 is 17.4. The summed E-state index contributed by atoms with van der Waals surface area (Å²) in [5.41, 5.74) is -1.81. The molecule has 1 aliphatic heterocycles. The lowest BCUT2D eigenvalue weighted by Gasteiger charge is -2.34.